The number of hydrogen-bond donors (Lipinski definition) is 0. The van der Waals surface area contributed by atoms with Crippen molar-refractivity contribution in [3.63, 3.8) is 0 Å². The fourth-order valence-corrected chi connectivity index (χ4v) is 2.36. The van der Waals surface area contributed by atoms with Gasteiger partial charge in [-0.05, 0) is 30.5 Å². The standard InChI is InChI=1S/C16H15NOS/c1-13(18)19-11-3-2-4-14-5-7-15(8-6-14)16(12-17)9-10-16/h5-8H,3,9-11H2,1H3. The van der Waals surface area contributed by atoms with Crippen molar-refractivity contribution in [2.24, 2.45) is 0 Å². The van der Waals surface area contributed by atoms with Gasteiger partial charge in [0.1, 0.15) is 0 Å². The zero-order valence-electron chi connectivity index (χ0n) is 10.9. The van der Waals surface area contributed by atoms with Crippen molar-refractivity contribution in [1.29, 1.82) is 5.26 Å². The third kappa shape index (κ3) is 3.63. The molecule has 0 radical (unpaired) electrons. The van der Waals surface area contributed by atoms with Crippen LogP contribution in [0, 0.1) is 23.2 Å². The number of thioether (sulfide) groups is 1. The molecule has 1 fully saturated rings. The summed E-state index contributed by atoms with van der Waals surface area (Å²) in [6.07, 6.45) is 2.65. The first-order chi connectivity index (χ1) is 9.16. The number of hydrogen-bond acceptors (Lipinski definition) is 3. The van der Waals surface area contributed by atoms with Gasteiger partial charge in [-0.25, -0.2) is 0 Å². The van der Waals surface area contributed by atoms with Gasteiger partial charge in [-0.1, -0.05) is 35.7 Å². The Hall–Kier alpha value is -1.71. The molecule has 19 heavy (non-hydrogen) atoms. The molecular formula is C16H15NOS. The highest BCUT2D eigenvalue weighted by molar-refractivity contribution is 8.13. The normalized spacial score (nSPS) is 14.9. The number of carbonyl (C=O) groups excluding carboxylic acids is 1. The molecule has 0 heterocycles. The van der Waals surface area contributed by atoms with Gasteiger partial charge in [0.2, 0.25) is 0 Å². The van der Waals surface area contributed by atoms with E-state index in [0.29, 0.717) is 6.42 Å². The first-order valence-electron chi connectivity index (χ1n) is 6.30. The zero-order chi connectivity index (χ0) is 13.7. The van der Waals surface area contributed by atoms with Crippen LogP contribution in [0.15, 0.2) is 24.3 Å². The highest BCUT2D eigenvalue weighted by Crippen LogP contribution is 2.47. The minimum atomic E-state index is -0.218. The molecule has 0 aromatic heterocycles. The SMILES string of the molecule is CC(=O)SCCC#Cc1ccc(C2(C#N)CC2)cc1. The van der Waals surface area contributed by atoms with Crippen LogP contribution < -0.4 is 0 Å². The molecule has 1 aromatic rings. The third-order valence-corrected chi connectivity index (χ3v) is 3.98. The average Bonchev–Trinajstić information content (AvgIpc) is 3.20. The molecule has 0 saturated heterocycles. The minimum absolute atomic E-state index is 0.136. The first kappa shape index (κ1) is 13.7. The molecule has 0 atom stereocenters. The van der Waals surface area contributed by atoms with E-state index in [0.717, 1.165) is 29.7 Å². The molecule has 96 valence electrons. The Morgan fingerprint density at radius 1 is 1.37 bits per heavy atom. The summed E-state index contributed by atoms with van der Waals surface area (Å²) in [6.45, 7) is 1.57. The summed E-state index contributed by atoms with van der Waals surface area (Å²) in [5.41, 5.74) is 1.85. The highest BCUT2D eigenvalue weighted by Gasteiger charge is 2.44. The van der Waals surface area contributed by atoms with Crippen LogP contribution in [0.4, 0.5) is 0 Å². The number of benzene rings is 1. The van der Waals surface area contributed by atoms with Gasteiger partial charge < -0.3 is 0 Å². The van der Waals surface area contributed by atoms with Crippen molar-refractivity contribution in [3.05, 3.63) is 35.4 Å². The van der Waals surface area contributed by atoms with Gasteiger partial charge in [-0.3, -0.25) is 4.79 Å². The van der Waals surface area contributed by atoms with Crippen LogP contribution in [-0.4, -0.2) is 10.9 Å². The van der Waals surface area contributed by atoms with Crippen LogP contribution in [0.5, 0.6) is 0 Å². The van der Waals surface area contributed by atoms with Crippen molar-refractivity contribution >= 4 is 16.9 Å². The summed E-state index contributed by atoms with van der Waals surface area (Å²) >= 11 is 1.31. The van der Waals surface area contributed by atoms with Crippen LogP contribution in [0.25, 0.3) is 0 Å². The van der Waals surface area contributed by atoms with E-state index in [1.54, 1.807) is 6.92 Å². The summed E-state index contributed by atoms with van der Waals surface area (Å²) < 4.78 is 0. The largest absolute Gasteiger partial charge is 0.288 e. The molecule has 1 aromatic carbocycles. The second-order valence-corrected chi connectivity index (χ2v) is 5.93. The van der Waals surface area contributed by atoms with Crippen LogP contribution in [0.1, 0.15) is 37.3 Å². The summed E-state index contributed by atoms with van der Waals surface area (Å²) in [5.74, 6) is 6.88. The molecular weight excluding hydrogens is 254 g/mol. The maximum absolute atomic E-state index is 10.7. The van der Waals surface area contributed by atoms with Crippen LogP contribution >= 0.6 is 11.8 Å². The summed E-state index contributed by atoms with van der Waals surface area (Å²) in [5, 5.41) is 9.25. The van der Waals surface area contributed by atoms with E-state index in [9.17, 15) is 4.79 Å². The Morgan fingerprint density at radius 3 is 2.58 bits per heavy atom. The molecule has 2 rings (SSSR count). The van der Waals surface area contributed by atoms with Crippen molar-refractivity contribution in [3.8, 4) is 17.9 Å². The third-order valence-electron chi connectivity index (χ3n) is 3.17. The first-order valence-corrected chi connectivity index (χ1v) is 7.29. The quantitative estimate of drug-likeness (QED) is 0.624. The molecule has 0 N–H and O–H groups in total. The molecule has 0 aliphatic heterocycles. The molecule has 1 saturated carbocycles. The second kappa shape index (κ2) is 5.95. The van der Waals surface area contributed by atoms with Crippen molar-refractivity contribution in [2.45, 2.75) is 31.6 Å². The Kier molecular flexibility index (Phi) is 4.30. The van der Waals surface area contributed by atoms with Gasteiger partial charge in [0, 0.05) is 24.7 Å². The molecule has 2 nitrogen and oxygen atoms in total. The highest BCUT2D eigenvalue weighted by atomic mass is 32.2. The molecule has 0 spiro atoms. The predicted molar refractivity (Wildman–Crippen MR) is 77.6 cm³/mol. The van der Waals surface area contributed by atoms with E-state index in [4.69, 9.17) is 5.26 Å². The van der Waals surface area contributed by atoms with Gasteiger partial charge in [0.15, 0.2) is 5.12 Å². The minimum Gasteiger partial charge on any atom is -0.288 e. The van der Waals surface area contributed by atoms with E-state index in [2.05, 4.69) is 17.9 Å². The number of rotatable bonds is 3. The number of nitriles is 1. The monoisotopic (exact) mass is 269 g/mol. The van der Waals surface area contributed by atoms with Crippen LogP contribution in [0.2, 0.25) is 0 Å². The van der Waals surface area contributed by atoms with Crippen molar-refractivity contribution in [2.75, 3.05) is 5.75 Å². The molecule has 0 amide bonds. The number of nitrogens with zero attached hydrogens (tertiary/aromatic N) is 1. The second-order valence-electron chi connectivity index (χ2n) is 4.66. The van der Waals surface area contributed by atoms with E-state index in [-0.39, 0.29) is 10.5 Å². The van der Waals surface area contributed by atoms with E-state index in [1.165, 1.54) is 11.8 Å². The summed E-state index contributed by atoms with van der Waals surface area (Å²) in [7, 11) is 0. The Balaban J connectivity index is 1.91. The average molecular weight is 269 g/mol. The van der Waals surface area contributed by atoms with Gasteiger partial charge in [0.05, 0.1) is 11.5 Å². The lowest BCUT2D eigenvalue weighted by molar-refractivity contribution is -0.109. The lowest BCUT2D eigenvalue weighted by Gasteiger charge is -2.04. The lowest BCUT2D eigenvalue weighted by Crippen LogP contribution is -2.01. The maximum Gasteiger partial charge on any atom is 0.185 e. The van der Waals surface area contributed by atoms with Gasteiger partial charge in [-0.15, -0.1) is 0 Å². The Morgan fingerprint density at radius 2 is 2.05 bits per heavy atom. The van der Waals surface area contributed by atoms with Gasteiger partial charge in [-0.2, -0.15) is 5.26 Å². The molecule has 0 unspecified atom stereocenters. The van der Waals surface area contributed by atoms with Gasteiger partial charge in [0.25, 0.3) is 0 Å². The fourth-order valence-electron chi connectivity index (χ4n) is 1.87. The van der Waals surface area contributed by atoms with E-state index < -0.39 is 0 Å². The van der Waals surface area contributed by atoms with E-state index in [1.807, 2.05) is 24.3 Å². The lowest BCUT2D eigenvalue weighted by atomic mass is 9.97. The predicted octanol–water partition coefficient (Wildman–Crippen LogP) is 3.26. The maximum atomic E-state index is 10.7. The van der Waals surface area contributed by atoms with Crippen LogP contribution in [-0.2, 0) is 10.2 Å². The van der Waals surface area contributed by atoms with E-state index >= 15 is 0 Å². The molecule has 1 aliphatic rings. The zero-order valence-corrected chi connectivity index (χ0v) is 11.7. The fraction of sp³-hybridized carbons (Fsp3) is 0.375. The molecule has 3 heteroatoms. The Bertz CT molecular complexity index is 567. The van der Waals surface area contributed by atoms with Crippen LogP contribution in [0.3, 0.4) is 0 Å². The summed E-state index contributed by atoms with van der Waals surface area (Å²) in [6, 6.07) is 10.3. The number of carbonyl (C=O) groups is 1. The molecule has 0 bridgehead atoms. The smallest absolute Gasteiger partial charge is 0.185 e. The topological polar surface area (TPSA) is 40.9 Å². The molecule has 1 aliphatic carbocycles. The summed E-state index contributed by atoms with van der Waals surface area (Å²) in [4.78, 5) is 10.7. The van der Waals surface area contributed by atoms with Crippen molar-refractivity contribution in [1.82, 2.24) is 0 Å². The Labute approximate surface area is 118 Å². The van der Waals surface area contributed by atoms with Gasteiger partial charge >= 0.3 is 0 Å². The van der Waals surface area contributed by atoms with Crippen molar-refractivity contribution < 1.29 is 4.79 Å².